The molecule has 2 atom stereocenters. The number of carboxylic acid groups (broad SMARTS) is 1. The lowest BCUT2D eigenvalue weighted by Crippen LogP contribution is -2.37. The summed E-state index contributed by atoms with van der Waals surface area (Å²) in [5, 5.41) is 12.1. The third-order valence-corrected chi connectivity index (χ3v) is 6.88. The quantitative estimate of drug-likeness (QED) is 0.770. The highest BCUT2D eigenvalue weighted by Gasteiger charge is 2.31. The lowest BCUT2D eigenvalue weighted by atomic mass is 9.79. The Labute approximate surface area is 138 Å². The van der Waals surface area contributed by atoms with E-state index in [1.165, 1.54) is 11.3 Å². The third kappa shape index (κ3) is 3.83. The van der Waals surface area contributed by atoms with E-state index in [2.05, 4.69) is 37.2 Å². The average Bonchev–Trinajstić information content (AvgIpc) is 2.76. The standard InChI is InChI=1S/C13H15Br2NO3S/c14-9-5-10(20-11(9)15)12(17)16-6-7-3-1-2-4-8(7)13(18)19/h5,7-8H,1-4,6H2,(H,16,17)(H,18,19). The molecule has 1 aliphatic carbocycles. The fourth-order valence-corrected chi connectivity index (χ4v) is 4.50. The van der Waals surface area contributed by atoms with E-state index < -0.39 is 5.97 Å². The molecule has 1 fully saturated rings. The predicted octanol–water partition coefficient (Wildman–Crippen LogP) is 3.89. The maximum absolute atomic E-state index is 12.0. The van der Waals surface area contributed by atoms with Crippen molar-refractivity contribution in [1.29, 1.82) is 0 Å². The molecule has 0 aromatic carbocycles. The van der Waals surface area contributed by atoms with Gasteiger partial charge in [0.2, 0.25) is 0 Å². The second-order valence-electron chi connectivity index (χ2n) is 4.93. The summed E-state index contributed by atoms with van der Waals surface area (Å²) in [4.78, 5) is 23.9. The number of hydrogen-bond donors (Lipinski definition) is 2. The molecule has 2 N–H and O–H groups in total. The van der Waals surface area contributed by atoms with Crippen LogP contribution in [0.4, 0.5) is 0 Å². The molecule has 1 aliphatic rings. The molecule has 1 saturated carbocycles. The maximum Gasteiger partial charge on any atom is 0.306 e. The summed E-state index contributed by atoms with van der Waals surface area (Å²) in [6.45, 7) is 0.433. The first kappa shape index (κ1) is 16.0. The van der Waals surface area contributed by atoms with Crippen LogP contribution < -0.4 is 5.32 Å². The molecule has 2 unspecified atom stereocenters. The molecule has 0 radical (unpaired) electrons. The lowest BCUT2D eigenvalue weighted by molar-refractivity contribution is -0.144. The van der Waals surface area contributed by atoms with Gasteiger partial charge in [0.25, 0.3) is 5.91 Å². The molecule has 1 amide bonds. The number of amides is 1. The Balaban J connectivity index is 1.93. The minimum Gasteiger partial charge on any atom is -0.481 e. The van der Waals surface area contributed by atoms with Gasteiger partial charge in [0, 0.05) is 11.0 Å². The number of nitrogens with one attached hydrogen (secondary N) is 1. The Hall–Kier alpha value is -0.400. The Kier molecular flexibility index (Phi) is 5.63. The first-order valence-electron chi connectivity index (χ1n) is 6.45. The zero-order chi connectivity index (χ0) is 14.7. The van der Waals surface area contributed by atoms with E-state index in [1.807, 2.05) is 0 Å². The van der Waals surface area contributed by atoms with Crippen molar-refractivity contribution in [2.24, 2.45) is 11.8 Å². The van der Waals surface area contributed by atoms with Gasteiger partial charge in [-0.2, -0.15) is 0 Å². The average molecular weight is 425 g/mol. The Bertz CT molecular complexity index is 498. The van der Waals surface area contributed by atoms with Gasteiger partial charge >= 0.3 is 5.97 Å². The summed E-state index contributed by atoms with van der Waals surface area (Å²) < 4.78 is 1.73. The van der Waals surface area contributed by atoms with Crippen LogP contribution in [0.15, 0.2) is 14.3 Å². The molecule has 7 heteroatoms. The fraction of sp³-hybridized carbons (Fsp3) is 0.538. The summed E-state index contributed by atoms with van der Waals surface area (Å²) >= 11 is 8.06. The highest BCUT2D eigenvalue weighted by Crippen LogP contribution is 2.33. The molecular weight excluding hydrogens is 410 g/mol. The normalized spacial score (nSPS) is 22.5. The molecule has 1 aromatic heterocycles. The first-order chi connectivity index (χ1) is 9.49. The molecule has 110 valence electrons. The molecule has 1 heterocycles. The highest BCUT2D eigenvalue weighted by atomic mass is 79.9. The predicted molar refractivity (Wildman–Crippen MR) is 85.1 cm³/mol. The third-order valence-electron chi connectivity index (χ3n) is 3.62. The molecular formula is C13H15Br2NO3S. The van der Waals surface area contributed by atoms with Crippen molar-refractivity contribution < 1.29 is 14.7 Å². The Morgan fingerprint density at radius 2 is 2.05 bits per heavy atom. The van der Waals surface area contributed by atoms with E-state index in [1.54, 1.807) is 6.07 Å². The maximum atomic E-state index is 12.0. The van der Waals surface area contributed by atoms with Crippen molar-refractivity contribution in [2.45, 2.75) is 25.7 Å². The number of rotatable bonds is 4. The SMILES string of the molecule is O=C(NCC1CCCCC1C(=O)O)c1cc(Br)c(Br)s1. The number of hydrogen-bond acceptors (Lipinski definition) is 3. The van der Waals surface area contributed by atoms with Gasteiger partial charge in [0.05, 0.1) is 14.6 Å². The number of carbonyl (C=O) groups is 2. The van der Waals surface area contributed by atoms with E-state index in [-0.39, 0.29) is 17.7 Å². The second kappa shape index (κ2) is 7.04. The number of carboxylic acids is 1. The van der Waals surface area contributed by atoms with Crippen LogP contribution >= 0.6 is 43.2 Å². The number of thiophene rings is 1. The van der Waals surface area contributed by atoms with Crippen LogP contribution in [-0.4, -0.2) is 23.5 Å². The van der Waals surface area contributed by atoms with Crippen LogP contribution in [0.1, 0.15) is 35.4 Å². The second-order valence-corrected chi connectivity index (χ2v) is 8.16. The molecule has 0 aliphatic heterocycles. The van der Waals surface area contributed by atoms with E-state index in [0.717, 1.165) is 27.5 Å². The van der Waals surface area contributed by atoms with Crippen LogP contribution in [0.5, 0.6) is 0 Å². The van der Waals surface area contributed by atoms with Gasteiger partial charge in [0.15, 0.2) is 0 Å². The van der Waals surface area contributed by atoms with Crippen molar-refractivity contribution in [3.8, 4) is 0 Å². The van der Waals surface area contributed by atoms with Gasteiger partial charge < -0.3 is 10.4 Å². The zero-order valence-corrected chi connectivity index (χ0v) is 14.7. The summed E-state index contributed by atoms with van der Waals surface area (Å²) in [6, 6.07) is 1.76. The van der Waals surface area contributed by atoms with Crippen molar-refractivity contribution in [3.63, 3.8) is 0 Å². The van der Waals surface area contributed by atoms with Gasteiger partial charge in [-0.3, -0.25) is 9.59 Å². The zero-order valence-electron chi connectivity index (χ0n) is 10.7. The number of carbonyl (C=O) groups excluding carboxylic acids is 1. The first-order valence-corrected chi connectivity index (χ1v) is 8.85. The van der Waals surface area contributed by atoms with Crippen molar-refractivity contribution in [3.05, 3.63) is 19.2 Å². The van der Waals surface area contributed by atoms with Gasteiger partial charge in [-0.15, -0.1) is 11.3 Å². The number of aliphatic carboxylic acids is 1. The van der Waals surface area contributed by atoms with E-state index >= 15 is 0 Å². The van der Waals surface area contributed by atoms with Gasteiger partial charge in [-0.25, -0.2) is 0 Å². The van der Waals surface area contributed by atoms with Crippen LogP contribution in [0.25, 0.3) is 0 Å². The molecule has 1 aromatic rings. The topological polar surface area (TPSA) is 66.4 Å². The molecule has 20 heavy (non-hydrogen) atoms. The van der Waals surface area contributed by atoms with E-state index in [4.69, 9.17) is 0 Å². The van der Waals surface area contributed by atoms with Crippen LogP contribution in [0, 0.1) is 11.8 Å². The van der Waals surface area contributed by atoms with E-state index in [0.29, 0.717) is 17.8 Å². The monoisotopic (exact) mass is 423 g/mol. The largest absolute Gasteiger partial charge is 0.481 e. The fourth-order valence-electron chi connectivity index (χ4n) is 2.55. The summed E-state index contributed by atoms with van der Waals surface area (Å²) in [5.41, 5.74) is 0. The molecule has 0 saturated heterocycles. The Morgan fingerprint density at radius 1 is 1.35 bits per heavy atom. The van der Waals surface area contributed by atoms with Gasteiger partial charge in [0.1, 0.15) is 0 Å². The summed E-state index contributed by atoms with van der Waals surface area (Å²) in [5.74, 6) is -1.18. The van der Waals surface area contributed by atoms with Crippen molar-refractivity contribution in [2.75, 3.05) is 6.54 Å². The summed E-state index contributed by atoms with van der Waals surface area (Å²) in [7, 11) is 0. The molecule has 4 nitrogen and oxygen atoms in total. The highest BCUT2D eigenvalue weighted by molar-refractivity contribution is 9.13. The smallest absolute Gasteiger partial charge is 0.306 e. The van der Waals surface area contributed by atoms with Crippen LogP contribution in [-0.2, 0) is 4.79 Å². The van der Waals surface area contributed by atoms with Gasteiger partial charge in [-0.1, -0.05) is 12.8 Å². The minimum atomic E-state index is -0.745. The van der Waals surface area contributed by atoms with Gasteiger partial charge in [-0.05, 0) is 56.7 Å². The Morgan fingerprint density at radius 3 is 2.65 bits per heavy atom. The minimum absolute atomic E-state index is 0.0389. The van der Waals surface area contributed by atoms with E-state index in [9.17, 15) is 14.7 Å². The van der Waals surface area contributed by atoms with Crippen molar-refractivity contribution in [1.82, 2.24) is 5.32 Å². The van der Waals surface area contributed by atoms with Crippen LogP contribution in [0.2, 0.25) is 0 Å². The lowest BCUT2D eigenvalue weighted by Gasteiger charge is -2.28. The molecule has 0 bridgehead atoms. The van der Waals surface area contributed by atoms with Crippen molar-refractivity contribution >= 4 is 55.1 Å². The summed E-state index contributed by atoms with van der Waals surface area (Å²) in [6.07, 6.45) is 3.59. The molecule has 2 rings (SSSR count). The number of halogens is 2. The molecule has 0 spiro atoms. The van der Waals surface area contributed by atoms with Crippen LogP contribution in [0.3, 0.4) is 0 Å².